The van der Waals surface area contributed by atoms with Crippen LogP contribution in [0.4, 0.5) is 4.79 Å². The second kappa shape index (κ2) is 4.22. The number of methoxy groups -OCH3 is 1. The van der Waals surface area contributed by atoms with Crippen molar-refractivity contribution in [2.45, 2.75) is 51.5 Å². The molecular weight excluding hydrogens is 210 g/mol. The molecule has 94 valence electrons. The number of hydrogen-bond donors (Lipinski definition) is 1. The highest BCUT2D eigenvalue weighted by atomic mass is 16.5. The highest BCUT2D eigenvalue weighted by molar-refractivity contribution is 5.66. The van der Waals surface area contributed by atoms with Crippen molar-refractivity contribution in [3.8, 4) is 0 Å². The van der Waals surface area contributed by atoms with Gasteiger partial charge in [-0.15, -0.1) is 0 Å². The molecule has 16 heavy (non-hydrogen) atoms. The number of rotatable bonds is 3. The van der Waals surface area contributed by atoms with E-state index in [-0.39, 0.29) is 11.6 Å². The average Bonchev–Trinajstić information content (AvgIpc) is 2.40. The fourth-order valence-electron chi connectivity index (χ4n) is 2.07. The number of nitrogens with zero attached hydrogens (tertiary/aromatic N) is 1. The zero-order valence-electron chi connectivity index (χ0n) is 10.6. The third-order valence-corrected chi connectivity index (χ3v) is 3.06. The zero-order valence-corrected chi connectivity index (χ0v) is 10.6. The summed E-state index contributed by atoms with van der Waals surface area (Å²) in [5.74, 6) is 0. The lowest BCUT2D eigenvalue weighted by Gasteiger charge is -2.34. The third-order valence-electron chi connectivity index (χ3n) is 3.06. The van der Waals surface area contributed by atoms with Crippen LogP contribution in [0.1, 0.15) is 34.1 Å². The Balaban J connectivity index is 2.79. The van der Waals surface area contributed by atoms with Crippen LogP contribution >= 0.6 is 0 Å². The normalized spacial score (nSPS) is 24.8. The molecule has 0 aromatic rings. The van der Waals surface area contributed by atoms with Crippen LogP contribution in [-0.2, 0) is 9.47 Å². The van der Waals surface area contributed by atoms with Crippen molar-refractivity contribution in [2.75, 3.05) is 13.7 Å². The van der Waals surface area contributed by atoms with Gasteiger partial charge in [-0.3, -0.25) is 4.90 Å². The van der Waals surface area contributed by atoms with Gasteiger partial charge in [-0.1, -0.05) is 0 Å². The van der Waals surface area contributed by atoms with Crippen molar-refractivity contribution in [3.05, 3.63) is 0 Å². The summed E-state index contributed by atoms with van der Waals surface area (Å²) in [4.78, 5) is 12.6. The molecule has 1 saturated heterocycles. The van der Waals surface area contributed by atoms with E-state index in [9.17, 15) is 9.90 Å². The molecule has 1 amide bonds. The molecule has 0 aliphatic carbocycles. The highest BCUT2D eigenvalue weighted by Gasteiger charge is 2.45. The number of ether oxygens (including phenoxy) is 2. The summed E-state index contributed by atoms with van der Waals surface area (Å²) in [6, 6.07) is -0.151. The topological polar surface area (TPSA) is 59.0 Å². The first kappa shape index (κ1) is 13.3. The smallest absolute Gasteiger partial charge is 0.409 e. The van der Waals surface area contributed by atoms with Gasteiger partial charge in [0.25, 0.3) is 0 Å². The number of carbonyl (C=O) groups is 1. The van der Waals surface area contributed by atoms with Gasteiger partial charge in [0.1, 0.15) is 5.72 Å². The average molecular weight is 231 g/mol. The van der Waals surface area contributed by atoms with Crippen molar-refractivity contribution in [3.63, 3.8) is 0 Å². The van der Waals surface area contributed by atoms with Crippen molar-refractivity contribution in [1.82, 2.24) is 4.90 Å². The molecule has 0 aromatic carbocycles. The summed E-state index contributed by atoms with van der Waals surface area (Å²) in [6.45, 7) is 7.84. The minimum atomic E-state index is -0.945. The molecule has 1 aliphatic heterocycles. The maximum atomic E-state index is 11.2. The molecule has 0 spiro atoms. The van der Waals surface area contributed by atoms with Crippen LogP contribution < -0.4 is 0 Å². The lowest BCUT2D eigenvalue weighted by atomic mass is 9.98. The van der Waals surface area contributed by atoms with E-state index in [1.807, 2.05) is 13.8 Å². The molecule has 0 aromatic heterocycles. The Morgan fingerprint density at radius 3 is 2.62 bits per heavy atom. The standard InChI is InChI=1S/C11H21NO4/c1-10(2,15-5)6-8-7-16-11(3,4)12(8)9(13)14/h8H,6-7H2,1-5H3,(H,13,14). The lowest BCUT2D eigenvalue weighted by Crippen LogP contribution is -2.49. The minimum absolute atomic E-state index is 0.151. The SMILES string of the molecule is COC(C)(C)CC1COC(C)(C)N1C(=O)O. The van der Waals surface area contributed by atoms with E-state index in [1.165, 1.54) is 4.90 Å². The highest BCUT2D eigenvalue weighted by Crippen LogP contribution is 2.32. The summed E-state index contributed by atoms with van der Waals surface area (Å²) in [5, 5.41) is 9.19. The van der Waals surface area contributed by atoms with E-state index in [0.717, 1.165) is 0 Å². The molecule has 1 fully saturated rings. The Labute approximate surface area is 96.3 Å². The van der Waals surface area contributed by atoms with Crippen molar-refractivity contribution >= 4 is 6.09 Å². The number of amides is 1. The van der Waals surface area contributed by atoms with E-state index in [2.05, 4.69) is 0 Å². The quantitative estimate of drug-likeness (QED) is 0.806. The van der Waals surface area contributed by atoms with Crippen LogP contribution in [-0.4, -0.2) is 47.2 Å². The monoisotopic (exact) mass is 231 g/mol. The Kier molecular flexibility index (Phi) is 3.50. The maximum Gasteiger partial charge on any atom is 0.409 e. The fraction of sp³-hybridized carbons (Fsp3) is 0.909. The maximum absolute atomic E-state index is 11.2. The molecular formula is C11H21NO4. The molecule has 0 bridgehead atoms. The molecule has 1 rings (SSSR count). The molecule has 1 atom stereocenters. The molecule has 5 heteroatoms. The third kappa shape index (κ3) is 2.65. The molecule has 1 N–H and O–H groups in total. The van der Waals surface area contributed by atoms with Gasteiger partial charge >= 0.3 is 6.09 Å². The largest absolute Gasteiger partial charge is 0.465 e. The molecule has 5 nitrogen and oxygen atoms in total. The Morgan fingerprint density at radius 2 is 2.19 bits per heavy atom. The second-order valence-electron chi connectivity index (χ2n) is 5.23. The van der Waals surface area contributed by atoms with Gasteiger partial charge in [-0.05, 0) is 34.1 Å². The Bertz CT molecular complexity index is 275. The first-order valence-electron chi connectivity index (χ1n) is 5.41. The molecule has 1 unspecified atom stereocenters. The van der Waals surface area contributed by atoms with Crippen LogP contribution in [0.2, 0.25) is 0 Å². The van der Waals surface area contributed by atoms with Gasteiger partial charge in [0.15, 0.2) is 0 Å². The lowest BCUT2D eigenvalue weighted by molar-refractivity contribution is -0.0466. The zero-order chi connectivity index (χ0) is 12.6. The van der Waals surface area contributed by atoms with Crippen molar-refractivity contribution in [2.24, 2.45) is 0 Å². The second-order valence-corrected chi connectivity index (χ2v) is 5.23. The van der Waals surface area contributed by atoms with Crippen molar-refractivity contribution in [1.29, 1.82) is 0 Å². The van der Waals surface area contributed by atoms with E-state index in [1.54, 1.807) is 21.0 Å². The summed E-state index contributed by atoms with van der Waals surface area (Å²) in [5.41, 5.74) is -1.09. The fourth-order valence-corrected chi connectivity index (χ4v) is 2.07. The Morgan fingerprint density at radius 1 is 1.62 bits per heavy atom. The van der Waals surface area contributed by atoms with Gasteiger partial charge in [0.2, 0.25) is 0 Å². The molecule has 1 heterocycles. The minimum Gasteiger partial charge on any atom is -0.465 e. The summed E-state index contributed by atoms with van der Waals surface area (Å²) < 4.78 is 10.8. The van der Waals surface area contributed by atoms with Crippen LogP contribution in [0.5, 0.6) is 0 Å². The van der Waals surface area contributed by atoms with Crippen LogP contribution in [0.15, 0.2) is 0 Å². The van der Waals surface area contributed by atoms with E-state index >= 15 is 0 Å². The summed E-state index contributed by atoms with van der Waals surface area (Å²) in [7, 11) is 1.63. The van der Waals surface area contributed by atoms with Crippen LogP contribution in [0.3, 0.4) is 0 Å². The van der Waals surface area contributed by atoms with Gasteiger partial charge in [0, 0.05) is 7.11 Å². The van der Waals surface area contributed by atoms with Gasteiger partial charge in [0.05, 0.1) is 18.2 Å². The van der Waals surface area contributed by atoms with E-state index in [4.69, 9.17) is 9.47 Å². The van der Waals surface area contributed by atoms with Crippen LogP contribution in [0.25, 0.3) is 0 Å². The van der Waals surface area contributed by atoms with E-state index in [0.29, 0.717) is 13.0 Å². The summed E-state index contributed by atoms with van der Waals surface area (Å²) in [6.07, 6.45) is -0.321. The predicted molar refractivity (Wildman–Crippen MR) is 59.4 cm³/mol. The van der Waals surface area contributed by atoms with Gasteiger partial charge < -0.3 is 14.6 Å². The predicted octanol–water partition coefficient (Wildman–Crippen LogP) is 1.92. The van der Waals surface area contributed by atoms with Crippen LogP contribution in [0, 0.1) is 0 Å². The first-order chi connectivity index (χ1) is 7.19. The van der Waals surface area contributed by atoms with Gasteiger partial charge in [-0.2, -0.15) is 0 Å². The molecule has 0 saturated carbocycles. The first-order valence-corrected chi connectivity index (χ1v) is 5.41. The number of carboxylic acid groups (broad SMARTS) is 1. The van der Waals surface area contributed by atoms with E-state index < -0.39 is 11.8 Å². The molecule has 1 aliphatic rings. The number of hydrogen-bond acceptors (Lipinski definition) is 3. The van der Waals surface area contributed by atoms with Gasteiger partial charge in [-0.25, -0.2) is 4.79 Å². The summed E-state index contributed by atoms with van der Waals surface area (Å²) >= 11 is 0. The Hall–Kier alpha value is -0.810. The van der Waals surface area contributed by atoms with Crippen molar-refractivity contribution < 1.29 is 19.4 Å². The molecule has 0 radical (unpaired) electrons.